The second-order valence-corrected chi connectivity index (χ2v) is 6.69. The topological polar surface area (TPSA) is 53.9 Å². The molecule has 126 valence electrons. The molecule has 1 N–H and O–H groups in total. The van der Waals surface area contributed by atoms with E-state index in [1.165, 1.54) is 0 Å². The monoisotopic (exact) mass is 322 g/mol. The van der Waals surface area contributed by atoms with Crippen molar-refractivity contribution in [3.63, 3.8) is 0 Å². The molecule has 3 aromatic rings. The second-order valence-electron chi connectivity index (χ2n) is 6.69. The SMILES string of the molecule is CC(C)=Nc1ccc(-c2c[nH]c3ncccc23)nc1C.CC(C)C. The Hall–Kier alpha value is -2.49. The molecular weight excluding hydrogens is 296 g/mol. The fraction of sp³-hybridized carbons (Fsp3) is 0.350. The van der Waals surface area contributed by atoms with Crippen LogP contribution >= 0.6 is 0 Å². The largest absolute Gasteiger partial charge is 0.345 e. The van der Waals surface area contributed by atoms with E-state index in [1.54, 1.807) is 6.20 Å². The summed E-state index contributed by atoms with van der Waals surface area (Å²) in [6, 6.07) is 8.00. The summed E-state index contributed by atoms with van der Waals surface area (Å²) in [6.07, 6.45) is 3.73. The molecule has 0 unspecified atom stereocenters. The minimum Gasteiger partial charge on any atom is -0.345 e. The average molecular weight is 322 g/mol. The van der Waals surface area contributed by atoms with Crippen LogP contribution in [0.3, 0.4) is 0 Å². The molecular formula is C20H26N4. The standard InChI is InChI=1S/C16H16N4.C4H10/c1-10(2)19-14-6-7-15(20-11(14)3)13-9-18-16-12(13)5-4-8-17-16;1-4(2)3/h4-9H,1-3H3,(H,17,18);4H,1-3H3. The highest BCUT2D eigenvalue weighted by atomic mass is 14.9. The summed E-state index contributed by atoms with van der Waals surface area (Å²) in [5, 5.41) is 1.09. The summed E-state index contributed by atoms with van der Waals surface area (Å²) in [7, 11) is 0. The smallest absolute Gasteiger partial charge is 0.137 e. The van der Waals surface area contributed by atoms with E-state index in [0.717, 1.165) is 45.3 Å². The Balaban J connectivity index is 0.000000471. The van der Waals surface area contributed by atoms with Gasteiger partial charge in [-0.15, -0.1) is 0 Å². The molecule has 0 atom stereocenters. The van der Waals surface area contributed by atoms with Gasteiger partial charge in [-0.25, -0.2) is 4.98 Å². The van der Waals surface area contributed by atoms with Gasteiger partial charge in [-0.1, -0.05) is 20.8 Å². The molecule has 4 heteroatoms. The van der Waals surface area contributed by atoms with Gasteiger partial charge < -0.3 is 4.98 Å². The van der Waals surface area contributed by atoms with Crippen LogP contribution in [0.5, 0.6) is 0 Å². The van der Waals surface area contributed by atoms with Crippen molar-refractivity contribution >= 4 is 22.4 Å². The lowest BCUT2D eigenvalue weighted by Crippen LogP contribution is -1.88. The minimum atomic E-state index is 0.833. The number of pyridine rings is 2. The first-order chi connectivity index (χ1) is 11.4. The zero-order valence-corrected chi connectivity index (χ0v) is 15.4. The number of rotatable bonds is 2. The molecule has 0 saturated heterocycles. The van der Waals surface area contributed by atoms with E-state index in [-0.39, 0.29) is 0 Å². The van der Waals surface area contributed by atoms with E-state index in [2.05, 4.69) is 40.7 Å². The van der Waals surface area contributed by atoms with E-state index < -0.39 is 0 Å². The van der Waals surface area contributed by atoms with Crippen LogP contribution in [0.4, 0.5) is 5.69 Å². The zero-order chi connectivity index (χ0) is 17.7. The normalized spacial score (nSPS) is 10.5. The van der Waals surface area contributed by atoms with Crippen LogP contribution in [0, 0.1) is 12.8 Å². The van der Waals surface area contributed by atoms with Crippen LogP contribution in [0.2, 0.25) is 0 Å². The second kappa shape index (κ2) is 7.86. The summed E-state index contributed by atoms with van der Waals surface area (Å²) in [6.45, 7) is 12.5. The Labute approximate surface area is 144 Å². The number of fused-ring (bicyclic) bond motifs is 1. The number of nitrogens with one attached hydrogen (secondary N) is 1. The molecule has 24 heavy (non-hydrogen) atoms. The van der Waals surface area contributed by atoms with Gasteiger partial charge in [-0.3, -0.25) is 9.98 Å². The van der Waals surface area contributed by atoms with Crippen LogP contribution in [0.15, 0.2) is 41.7 Å². The first kappa shape index (κ1) is 17.9. The van der Waals surface area contributed by atoms with Gasteiger partial charge in [0.1, 0.15) is 5.65 Å². The molecule has 0 aromatic carbocycles. The number of aromatic nitrogens is 3. The van der Waals surface area contributed by atoms with Crippen molar-refractivity contribution < 1.29 is 0 Å². The van der Waals surface area contributed by atoms with Gasteiger partial charge in [0.25, 0.3) is 0 Å². The highest BCUT2D eigenvalue weighted by Gasteiger charge is 2.09. The molecule has 0 aliphatic carbocycles. The summed E-state index contributed by atoms with van der Waals surface area (Å²) < 4.78 is 0. The molecule has 3 aromatic heterocycles. The molecule has 0 bridgehead atoms. The number of H-pyrrole nitrogens is 1. The molecule has 3 heterocycles. The number of aromatic amines is 1. The van der Waals surface area contributed by atoms with Crippen molar-refractivity contribution in [1.82, 2.24) is 15.0 Å². The fourth-order valence-corrected chi connectivity index (χ4v) is 2.23. The van der Waals surface area contributed by atoms with Gasteiger partial charge in [0, 0.05) is 29.1 Å². The van der Waals surface area contributed by atoms with E-state index in [0.29, 0.717) is 0 Å². The van der Waals surface area contributed by atoms with Crippen molar-refractivity contribution in [3.05, 3.63) is 42.4 Å². The van der Waals surface area contributed by atoms with Crippen LogP contribution in [0.1, 0.15) is 40.3 Å². The molecule has 0 spiro atoms. The Bertz CT molecular complexity index is 837. The lowest BCUT2D eigenvalue weighted by Gasteiger charge is -2.04. The Morgan fingerprint density at radius 1 is 1.12 bits per heavy atom. The van der Waals surface area contributed by atoms with Crippen molar-refractivity contribution in [2.45, 2.75) is 41.5 Å². The Morgan fingerprint density at radius 3 is 2.46 bits per heavy atom. The third kappa shape index (κ3) is 4.51. The fourth-order valence-electron chi connectivity index (χ4n) is 2.23. The third-order valence-corrected chi connectivity index (χ3v) is 3.13. The Morgan fingerprint density at radius 2 is 1.83 bits per heavy atom. The summed E-state index contributed by atoms with van der Waals surface area (Å²) in [4.78, 5) is 16.6. The number of aliphatic imine (C=N–C) groups is 1. The first-order valence-electron chi connectivity index (χ1n) is 8.30. The Kier molecular flexibility index (Phi) is 5.85. The maximum atomic E-state index is 4.66. The predicted octanol–water partition coefficient (Wildman–Crippen LogP) is 5.71. The van der Waals surface area contributed by atoms with Crippen molar-refractivity contribution in [1.29, 1.82) is 0 Å². The summed E-state index contributed by atoms with van der Waals surface area (Å²) in [5.41, 5.74) is 5.77. The molecule has 3 rings (SSSR count). The molecule has 0 aliphatic rings. The van der Waals surface area contributed by atoms with Crippen LogP contribution < -0.4 is 0 Å². The third-order valence-electron chi connectivity index (χ3n) is 3.13. The minimum absolute atomic E-state index is 0.833. The van der Waals surface area contributed by atoms with Gasteiger partial charge in [0.15, 0.2) is 0 Å². The maximum absolute atomic E-state index is 4.66. The van der Waals surface area contributed by atoms with E-state index in [1.807, 2.05) is 51.2 Å². The quantitative estimate of drug-likeness (QED) is 0.614. The van der Waals surface area contributed by atoms with Gasteiger partial charge in [-0.2, -0.15) is 0 Å². The number of hydrogen-bond acceptors (Lipinski definition) is 3. The van der Waals surface area contributed by atoms with Crippen LogP contribution in [0.25, 0.3) is 22.3 Å². The van der Waals surface area contributed by atoms with Crippen LogP contribution in [-0.2, 0) is 0 Å². The highest BCUT2D eigenvalue weighted by Crippen LogP contribution is 2.28. The molecule has 4 nitrogen and oxygen atoms in total. The summed E-state index contributed by atoms with van der Waals surface area (Å²) >= 11 is 0. The van der Waals surface area contributed by atoms with Gasteiger partial charge in [-0.05, 0) is 51.0 Å². The zero-order valence-electron chi connectivity index (χ0n) is 15.4. The van der Waals surface area contributed by atoms with E-state index >= 15 is 0 Å². The molecule has 0 amide bonds. The van der Waals surface area contributed by atoms with Gasteiger partial charge in [0.2, 0.25) is 0 Å². The molecule has 0 fully saturated rings. The highest BCUT2D eigenvalue weighted by molar-refractivity contribution is 5.92. The van der Waals surface area contributed by atoms with Gasteiger partial charge in [0.05, 0.1) is 17.1 Å². The van der Waals surface area contributed by atoms with Crippen molar-refractivity contribution in [2.75, 3.05) is 0 Å². The molecule has 0 saturated carbocycles. The molecule has 0 aliphatic heterocycles. The molecule has 0 radical (unpaired) electrons. The van der Waals surface area contributed by atoms with E-state index in [4.69, 9.17) is 0 Å². The van der Waals surface area contributed by atoms with Crippen molar-refractivity contribution in [3.8, 4) is 11.3 Å². The maximum Gasteiger partial charge on any atom is 0.137 e. The lowest BCUT2D eigenvalue weighted by atomic mass is 10.1. The predicted molar refractivity (Wildman–Crippen MR) is 103 cm³/mol. The van der Waals surface area contributed by atoms with Crippen LogP contribution in [-0.4, -0.2) is 20.7 Å². The number of nitrogens with zero attached hydrogens (tertiary/aromatic N) is 3. The summed E-state index contributed by atoms with van der Waals surface area (Å²) in [5.74, 6) is 0.833. The van der Waals surface area contributed by atoms with Gasteiger partial charge >= 0.3 is 0 Å². The average Bonchev–Trinajstić information content (AvgIpc) is 2.92. The van der Waals surface area contributed by atoms with E-state index in [9.17, 15) is 0 Å². The van der Waals surface area contributed by atoms with Crippen molar-refractivity contribution in [2.24, 2.45) is 10.9 Å². The lowest BCUT2D eigenvalue weighted by molar-refractivity contribution is 0.737. The number of hydrogen-bond donors (Lipinski definition) is 1. The first-order valence-corrected chi connectivity index (χ1v) is 8.30. The number of aryl methyl sites for hydroxylation is 1.